The van der Waals surface area contributed by atoms with E-state index in [9.17, 15) is 18.0 Å². The van der Waals surface area contributed by atoms with Crippen molar-refractivity contribution in [3.63, 3.8) is 0 Å². The first kappa shape index (κ1) is 14.6. The van der Waals surface area contributed by atoms with Crippen molar-refractivity contribution in [2.24, 2.45) is 0 Å². The van der Waals surface area contributed by atoms with Crippen LogP contribution in [0, 0.1) is 6.92 Å². The highest BCUT2D eigenvalue weighted by molar-refractivity contribution is 6.32. The molecule has 0 radical (unpaired) electrons. The Hall–Kier alpha value is -1.83. The van der Waals surface area contributed by atoms with E-state index >= 15 is 0 Å². The molecular weight excluding hydrogens is 297 g/mol. The molecule has 0 fully saturated rings. The zero-order valence-corrected chi connectivity index (χ0v) is 11.3. The molecule has 9 heteroatoms. The van der Waals surface area contributed by atoms with Crippen LogP contribution in [0.1, 0.15) is 29.1 Å². The van der Waals surface area contributed by atoms with Crippen LogP contribution in [-0.4, -0.2) is 25.5 Å². The van der Waals surface area contributed by atoms with E-state index in [1.54, 1.807) is 0 Å². The molecule has 1 unspecified atom stereocenters. The van der Waals surface area contributed by atoms with E-state index in [-0.39, 0.29) is 5.69 Å². The van der Waals surface area contributed by atoms with Crippen molar-refractivity contribution < 1.29 is 18.0 Å². The lowest BCUT2D eigenvalue weighted by molar-refractivity contribution is -0.141. The van der Waals surface area contributed by atoms with Crippen molar-refractivity contribution >= 4 is 17.5 Å². The van der Waals surface area contributed by atoms with Crippen molar-refractivity contribution in [1.82, 2.24) is 19.6 Å². The molecule has 0 saturated carbocycles. The second kappa shape index (κ2) is 4.93. The molecule has 2 rings (SSSR count). The van der Waals surface area contributed by atoms with Crippen LogP contribution in [0.4, 0.5) is 13.2 Å². The average molecular weight is 307 g/mol. The summed E-state index contributed by atoms with van der Waals surface area (Å²) in [5, 5.41) is 6.65. The minimum Gasteiger partial charge on any atom is -0.270 e. The third kappa shape index (κ3) is 2.43. The normalized spacial score (nSPS) is 13.5. The number of alkyl halides is 3. The van der Waals surface area contributed by atoms with Crippen LogP contribution < -0.4 is 0 Å². The van der Waals surface area contributed by atoms with Crippen molar-refractivity contribution in [2.75, 3.05) is 0 Å². The van der Waals surface area contributed by atoms with Crippen LogP contribution in [0.25, 0.3) is 0 Å². The van der Waals surface area contributed by atoms with Gasteiger partial charge in [0.1, 0.15) is 6.04 Å². The Morgan fingerprint density at radius 1 is 1.45 bits per heavy atom. The number of carbonyl (C=O) groups excluding carboxylic acids is 1. The summed E-state index contributed by atoms with van der Waals surface area (Å²) in [4.78, 5) is 12.0. The summed E-state index contributed by atoms with van der Waals surface area (Å²) in [6.45, 7) is 2.80. The predicted octanol–water partition coefficient (Wildman–Crippen LogP) is 2.96. The summed E-state index contributed by atoms with van der Waals surface area (Å²) in [7, 11) is 0. The second-order valence-electron chi connectivity index (χ2n) is 4.16. The third-order valence-corrected chi connectivity index (χ3v) is 3.25. The lowest BCUT2D eigenvalue weighted by Crippen LogP contribution is -2.25. The van der Waals surface area contributed by atoms with Gasteiger partial charge in [-0.05, 0) is 19.9 Å². The third-order valence-electron chi connectivity index (χ3n) is 2.80. The first-order chi connectivity index (χ1) is 9.23. The van der Waals surface area contributed by atoms with E-state index in [0.29, 0.717) is 0 Å². The Morgan fingerprint density at radius 2 is 2.10 bits per heavy atom. The zero-order valence-electron chi connectivity index (χ0n) is 10.5. The smallest absolute Gasteiger partial charge is 0.270 e. The van der Waals surface area contributed by atoms with Crippen molar-refractivity contribution in [1.29, 1.82) is 0 Å². The van der Waals surface area contributed by atoms with E-state index in [1.165, 1.54) is 32.3 Å². The van der Waals surface area contributed by atoms with E-state index in [0.717, 1.165) is 9.36 Å². The number of hydrogen-bond donors (Lipinski definition) is 0. The highest BCUT2D eigenvalue weighted by atomic mass is 35.5. The molecule has 2 aromatic rings. The molecule has 0 amide bonds. The monoisotopic (exact) mass is 306 g/mol. The number of halogens is 4. The molecule has 0 bridgehead atoms. The molecule has 0 aromatic carbocycles. The number of rotatable bonds is 2. The van der Waals surface area contributed by atoms with E-state index in [1.807, 2.05) is 0 Å². The Bertz CT molecular complexity index is 633. The van der Waals surface area contributed by atoms with Crippen LogP contribution in [-0.2, 0) is 6.18 Å². The molecule has 0 aliphatic rings. The molecule has 0 spiro atoms. The van der Waals surface area contributed by atoms with Gasteiger partial charge in [-0.3, -0.25) is 9.48 Å². The fourth-order valence-electron chi connectivity index (χ4n) is 1.75. The van der Waals surface area contributed by atoms with Crippen LogP contribution in [0.3, 0.4) is 0 Å². The first-order valence-electron chi connectivity index (χ1n) is 5.59. The van der Waals surface area contributed by atoms with E-state index in [4.69, 9.17) is 11.6 Å². The molecule has 0 saturated heterocycles. The van der Waals surface area contributed by atoms with Gasteiger partial charge in [0, 0.05) is 12.4 Å². The van der Waals surface area contributed by atoms with E-state index in [2.05, 4.69) is 10.2 Å². The van der Waals surface area contributed by atoms with Gasteiger partial charge in [-0.15, -0.1) is 0 Å². The first-order valence-corrected chi connectivity index (χ1v) is 5.97. The van der Waals surface area contributed by atoms with Crippen LogP contribution in [0.2, 0.25) is 5.02 Å². The maximum absolute atomic E-state index is 12.7. The zero-order chi connectivity index (χ0) is 15.1. The van der Waals surface area contributed by atoms with Gasteiger partial charge in [0.05, 0.1) is 10.7 Å². The van der Waals surface area contributed by atoms with Crippen molar-refractivity contribution in [3.8, 4) is 0 Å². The minimum atomic E-state index is -4.67. The molecule has 2 heterocycles. The van der Waals surface area contributed by atoms with Crippen LogP contribution in [0.5, 0.6) is 0 Å². The molecular formula is C11H10ClF3N4O. The van der Waals surface area contributed by atoms with E-state index < -0.39 is 28.8 Å². The largest absolute Gasteiger partial charge is 0.436 e. The summed E-state index contributed by atoms with van der Waals surface area (Å²) in [6, 6.07) is 0.581. The average Bonchev–Trinajstić information content (AvgIpc) is 2.97. The second-order valence-corrected chi connectivity index (χ2v) is 4.53. The number of nitrogens with zero attached hydrogens (tertiary/aromatic N) is 4. The quantitative estimate of drug-likeness (QED) is 0.857. The predicted molar refractivity (Wildman–Crippen MR) is 64.5 cm³/mol. The Labute approximate surface area is 116 Å². The van der Waals surface area contributed by atoms with Gasteiger partial charge in [0.25, 0.3) is 5.91 Å². The Kier molecular flexibility index (Phi) is 3.59. The molecule has 0 N–H and O–H groups in total. The van der Waals surface area contributed by atoms with Gasteiger partial charge in [0.15, 0.2) is 5.69 Å². The standard InChI is InChI=1S/C11H10ClF3N4O/c1-6-8(12)9(11(13,14)15)17-19(6)7(2)10(20)18-5-3-4-16-18/h3-5,7H,1-2H3. The summed E-state index contributed by atoms with van der Waals surface area (Å²) in [6.07, 6.45) is -1.86. The summed E-state index contributed by atoms with van der Waals surface area (Å²) < 4.78 is 40.1. The Balaban J connectivity index is 2.41. The van der Waals surface area contributed by atoms with Gasteiger partial charge < -0.3 is 0 Å². The lowest BCUT2D eigenvalue weighted by atomic mass is 10.3. The molecule has 1 atom stereocenters. The van der Waals surface area contributed by atoms with Gasteiger partial charge in [-0.25, -0.2) is 4.68 Å². The lowest BCUT2D eigenvalue weighted by Gasteiger charge is -2.12. The minimum absolute atomic E-state index is 0.0759. The summed E-state index contributed by atoms with van der Waals surface area (Å²) in [5.74, 6) is -0.508. The van der Waals surface area contributed by atoms with Gasteiger partial charge in [-0.2, -0.15) is 23.4 Å². The number of hydrogen-bond acceptors (Lipinski definition) is 3. The molecule has 2 aromatic heterocycles. The SMILES string of the molecule is Cc1c(Cl)c(C(F)(F)F)nn1C(C)C(=O)n1cccn1. The number of carbonyl (C=O) groups is 1. The fourth-order valence-corrected chi connectivity index (χ4v) is 1.98. The summed E-state index contributed by atoms with van der Waals surface area (Å²) >= 11 is 5.64. The highest BCUT2D eigenvalue weighted by Gasteiger charge is 2.39. The fraction of sp³-hybridized carbons (Fsp3) is 0.364. The summed E-state index contributed by atoms with van der Waals surface area (Å²) in [5.41, 5.74) is -1.12. The Morgan fingerprint density at radius 3 is 2.55 bits per heavy atom. The molecule has 5 nitrogen and oxygen atoms in total. The number of aromatic nitrogens is 4. The molecule has 0 aliphatic heterocycles. The van der Waals surface area contributed by atoms with Gasteiger partial charge in [0.2, 0.25) is 0 Å². The van der Waals surface area contributed by atoms with Crippen molar-refractivity contribution in [2.45, 2.75) is 26.1 Å². The highest BCUT2D eigenvalue weighted by Crippen LogP contribution is 2.36. The molecule has 108 valence electrons. The van der Waals surface area contributed by atoms with Crippen LogP contribution >= 0.6 is 11.6 Å². The molecule has 20 heavy (non-hydrogen) atoms. The van der Waals surface area contributed by atoms with Gasteiger partial charge >= 0.3 is 6.18 Å². The van der Waals surface area contributed by atoms with Crippen molar-refractivity contribution in [3.05, 3.63) is 34.9 Å². The topological polar surface area (TPSA) is 52.7 Å². The maximum atomic E-state index is 12.7. The van der Waals surface area contributed by atoms with Gasteiger partial charge in [-0.1, -0.05) is 11.6 Å². The van der Waals surface area contributed by atoms with Crippen LogP contribution in [0.15, 0.2) is 18.5 Å². The maximum Gasteiger partial charge on any atom is 0.436 e. The molecule has 0 aliphatic carbocycles.